The van der Waals surface area contributed by atoms with Gasteiger partial charge in [-0.05, 0) is 24.5 Å². The van der Waals surface area contributed by atoms with Crippen LogP contribution in [0, 0.1) is 0 Å². The number of aromatic nitrogens is 4. The first-order chi connectivity index (χ1) is 11.8. The zero-order chi connectivity index (χ0) is 16.5. The SMILES string of the molecule is C=Cc1nn([C@H]2C[C@H](OCc3ccccc3)C2)c2ncnc(N)c12. The lowest BCUT2D eigenvalue weighted by Gasteiger charge is -2.35. The molecule has 1 fully saturated rings. The topological polar surface area (TPSA) is 78.8 Å². The minimum absolute atomic E-state index is 0.251. The van der Waals surface area contributed by atoms with Gasteiger partial charge in [-0.25, -0.2) is 14.6 Å². The summed E-state index contributed by atoms with van der Waals surface area (Å²) in [5, 5.41) is 5.38. The summed E-state index contributed by atoms with van der Waals surface area (Å²) in [5.74, 6) is 0.442. The number of rotatable bonds is 5. The van der Waals surface area contributed by atoms with Crippen LogP contribution >= 0.6 is 0 Å². The van der Waals surface area contributed by atoms with E-state index in [9.17, 15) is 0 Å². The molecule has 0 unspecified atom stereocenters. The van der Waals surface area contributed by atoms with Gasteiger partial charge < -0.3 is 10.5 Å². The predicted molar refractivity (Wildman–Crippen MR) is 93.1 cm³/mol. The largest absolute Gasteiger partial charge is 0.383 e. The van der Waals surface area contributed by atoms with E-state index in [0.717, 1.165) is 29.6 Å². The minimum atomic E-state index is 0.251. The van der Waals surface area contributed by atoms with Gasteiger partial charge in [0.2, 0.25) is 0 Å². The molecular weight excluding hydrogens is 302 g/mol. The average Bonchev–Trinajstić information content (AvgIpc) is 2.94. The van der Waals surface area contributed by atoms with Crippen LogP contribution in [0.15, 0.2) is 43.2 Å². The van der Waals surface area contributed by atoms with Crippen LogP contribution in [0.5, 0.6) is 0 Å². The van der Waals surface area contributed by atoms with Crippen molar-refractivity contribution in [1.29, 1.82) is 0 Å². The number of hydrogen-bond donors (Lipinski definition) is 1. The van der Waals surface area contributed by atoms with Gasteiger partial charge in [-0.2, -0.15) is 5.10 Å². The Bertz CT molecular complexity index is 868. The lowest BCUT2D eigenvalue weighted by Crippen LogP contribution is -2.34. The van der Waals surface area contributed by atoms with Crippen molar-refractivity contribution in [3.05, 3.63) is 54.5 Å². The number of nitrogen functional groups attached to an aromatic ring is 1. The van der Waals surface area contributed by atoms with Gasteiger partial charge in [-0.1, -0.05) is 36.9 Å². The number of fused-ring (bicyclic) bond motifs is 1. The highest BCUT2D eigenvalue weighted by molar-refractivity contribution is 5.92. The molecule has 122 valence electrons. The first kappa shape index (κ1) is 14.8. The van der Waals surface area contributed by atoms with Crippen LogP contribution in [0.2, 0.25) is 0 Å². The maximum Gasteiger partial charge on any atom is 0.164 e. The molecular formula is C18H19N5O. The molecule has 0 atom stereocenters. The van der Waals surface area contributed by atoms with Crippen LogP contribution in [-0.4, -0.2) is 25.9 Å². The Morgan fingerprint density at radius 1 is 1.25 bits per heavy atom. The number of nitrogens with zero attached hydrogens (tertiary/aromatic N) is 4. The van der Waals surface area contributed by atoms with Gasteiger partial charge in [-0.3, -0.25) is 0 Å². The van der Waals surface area contributed by atoms with Crippen LogP contribution < -0.4 is 5.73 Å². The van der Waals surface area contributed by atoms with Crippen molar-refractivity contribution in [1.82, 2.24) is 19.7 Å². The van der Waals surface area contributed by atoms with Crippen molar-refractivity contribution >= 4 is 22.9 Å². The molecule has 2 heterocycles. The van der Waals surface area contributed by atoms with Gasteiger partial charge >= 0.3 is 0 Å². The molecule has 0 amide bonds. The molecule has 3 aromatic rings. The van der Waals surface area contributed by atoms with Crippen molar-refractivity contribution in [3.63, 3.8) is 0 Å². The zero-order valence-corrected chi connectivity index (χ0v) is 13.3. The third kappa shape index (κ3) is 2.55. The minimum Gasteiger partial charge on any atom is -0.383 e. The smallest absolute Gasteiger partial charge is 0.164 e. The molecule has 1 aliphatic carbocycles. The Morgan fingerprint density at radius 2 is 2.04 bits per heavy atom. The highest BCUT2D eigenvalue weighted by atomic mass is 16.5. The second kappa shape index (κ2) is 6.05. The molecule has 1 aliphatic rings. The second-order valence-electron chi connectivity index (χ2n) is 6.04. The standard InChI is InChI=1S/C18H19N5O/c1-2-15-16-17(19)20-11-21-18(16)23(22-15)13-8-14(9-13)24-10-12-6-4-3-5-7-12/h2-7,11,13-14H,1,8-10H2,(H2,19,20,21)/t13-,14-. The fourth-order valence-corrected chi connectivity index (χ4v) is 3.08. The van der Waals surface area contributed by atoms with Crippen molar-refractivity contribution in [2.75, 3.05) is 5.73 Å². The summed E-state index contributed by atoms with van der Waals surface area (Å²) in [4.78, 5) is 8.40. The normalized spacial score (nSPS) is 20.0. The van der Waals surface area contributed by atoms with Crippen molar-refractivity contribution < 1.29 is 4.74 Å². The summed E-state index contributed by atoms with van der Waals surface area (Å²) < 4.78 is 7.90. The van der Waals surface area contributed by atoms with Crippen molar-refractivity contribution in [2.45, 2.75) is 31.6 Å². The lowest BCUT2D eigenvalue weighted by atomic mass is 9.89. The van der Waals surface area contributed by atoms with Crippen LogP contribution in [0.4, 0.5) is 5.82 Å². The van der Waals surface area contributed by atoms with Gasteiger partial charge in [0.15, 0.2) is 5.65 Å². The summed E-state index contributed by atoms with van der Waals surface area (Å²) >= 11 is 0. The number of nitrogens with two attached hydrogens (primary N) is 1. The predicted octanol–water partition coefficient (Wildman–Crippen LogP) is 2.97. The summed E-state index contributed by atoms with van der Waals surface area (Å²) in [6, 6.07) is 10.5. The maximum absolute atomic E-state index is 5.97. The number of ether oxygens (including phenoxy) is 1. The Hall–Kier alpha value is -2.73. The number of benzene rings is 1. The molecule has 6 nitrogen and oxygen atoms in total. The highest BCUT2D eigenvalue weighted by Gasteiger charge is 2.34. The number of hydrogen-bond acceptors (Lipinski definition) is 5. The molecule has 0 bridgehead atoms. The molecule has 24 heavy (non-hydrogen) atoms. The van der Waals surface area contributed by atoms with Gasteiger partial charge in [0.1, 0.15) is 12.1 Å². The molecule has 0 saturated heterocycles. The highest BCUT2D eigenvalue weighted by Crippen LogP contribution is 2.37. The van der Waals surface area contributed by atoms with E-state index < -0.39 is 0 Å². The van der Waals surface area contributed by atoms with E-state index in [4.69, 9.17) is 10.5 Å². The molecule has 1 aromatic carbocycles. The van der Waals surface area contributed by atoms with E-state index in [2.05, 4.69) is 33.8 Å². The molecule has 2 aromatic heterocycles. The molecule has 0 spiro atoms. The van der Waals surface area contributed by atoms with Crippen LogP contribution in [0.1, 0.15) is 30.1 Å². The second-order valence-corrected chi connectivity index (χ2v) is 6.04. The molecule has 1 saturated carbocycles. The van der Waals surface area contributed by atoms with Crippen LogP contribution in [0.3, 0.4) is 0 Å². The number of anilines is 1. The van der Waals surface area contributed by atoms with Gasteiger partial charge in [0, 0.05) is 0 Å². The fraction of sp³-hybridized carbons (Fsp3) is 0.278. The zero-order valence-electron chi connectivity index (χ0n) is 13.3. The third-order valence-electron chi connectivity index (χ3n) is 4.48. The summed E-state index contributed by atoms with van der Waals surface area (Å²) in [5.41, 5.74) is 8.66. The van der Waals surface area contributed by atoms with Crippen LogP contribution in [0.25, 0.3) is 17.1 Å². The van der Waals surface area contributed by atoms with Crippen molar-refractivity contribution in [2.24, 2.45) is 0 Å². The van der Waals surface area contributed by atoms with E-state index >= 15 is 0 Å². The maximum atomic E-state index is 5.97. The monoisotopic (exact) mass is 321 g/mol. The summed E-state index contributed by atoms with van der Waals surface area (Å²) in [6.45, 7) is 4.45. The molecule has 2 N–H and O–H groups in total. The van der Waals surface area contributed by atoms with E-state index in [1.54, 1.807) is 6.08 Å². The van der Waals surface area contributed by atoms with E-state index in [0.29, 0.717) is 12.4 Å². The molecule has 0 aliphatic heterocycles. The Balaban J connectivity index is 1.46. The quantitative estimate of drug-likeness (QED) is 0.781. The Kier molecular flexibility index (Phi) is 3.74. The van der Waals surface area contributed by atoms with Crippen LogP contribution in [-0.2, 0) is 11.3 Å². The van der Waals surface area contributed by atoms with Gasteiger partial charge in [0.05, 0.1) is 29.8 Å². The van der Waals surface area contributed by atoms with Gasteiger partial charge in [-0.15, -0.1) is 0 Å². The summed E-state index contributed by atoms with van der Waals surface area (Å²) in [7, 11) is 0. The molecule has 4 rings (SSSR count). The Morgan fingerprint density at radius 3 is 2.79 bits per heavy atom. The average molecular weight is 321 g/mol. The molecule has 0 radical (unpaired) electrons. The van der Waals surface area contributed by atoms with E-state index in [1.165, 1.54) is 11.9 Å². The third-order valence-corrected chi connectivity index (χ3v) is 4.48. The van der Waals surface area contributed by atoms with Crippen molar-refractivity contribution in [3.8, 4) is 0 Å². The lowest BCUT2D eigenvalue weighted by molar-refractivity contribution is -0.0374. The van der Waals surface area contributed by atoms with E-state index in [1.807, 2.05) is 22.9 Å². The first-order valence-electron chi connectivity index (χ1n) is 8.03. The van der Waals surface area contributed by atoms with E-state index in [-0.39, 0.29) is 12.1 Å². The first-order valence-corrected chi connectivity index (χ1v) is 8.03. The fourth-order valence-electron chi connectivity index (χ4n) is 3.08. The summed E-state index contributed by atoms with van der Waals surface area (Å²) in [6.07, 6.45) is 5.26. The Labute approximate surface area is 140 Å². The van der Waals surface area contributed by atoms with Gasteiger partial charge in [0.25, 0.3) is 0 Å². The molecule has 6 heteroatoms.